The Morgan fingerprint density at radius 1 is 1.00 bits per heavy atom. The minimum absolute atomic E-state index is 0.0211. The first-order valence-electron chi connectivity index (χ1n) is 11.8. The zero-order chi connectivity index (χ0) is 24.0. The summed E-state index contributed by atoms with van der Waals surface area (Å²) in [5.41, 5.74) is 1.33. The minimum Gasteiger partial charge on any atom is -0.394 e. The van der Waals surface area contributed by atoms with Crippen LogP contribution in [0.3, 0.4) is 0 Å². The van der Waals surface area contributed by atoms with Crippen LogP contribution >= 0.6 is 0 Å². The predicted molar refractivity (Wildman–Crippen MR) is 130 cm³/mol. The molecule has 4 rings (SSSR count). The highest BCUT2D eigenvalue weighted by Gasteiger charge is 2.32. The second-order valence-electron chi connectivity index (χ2n) is 8.96. The quantitative estimate of drug-likeness (QED) is 0.562. The van der Waals surface area contributed by atoms with Crippen LogP contribution in [0, 0.1) is 5.92 Å². The number of nitrogens with zero attached hydrogens (tertiary/aromatic N) is 1. The number of hydrogen-bond donors (Lipinski definition) is 2. The van der Waals surface area contributed by atoms with Crippen molar-refractivity contribution in [2.75, 3.05) is 19.7 Å². The number of hydrogen-bond acceptors (Lipinski definition) is 5. The lowest BCUT2D eigenvalue weighted by Crippen LogP contribution is -2.49. The normalized spacial score (nSPS) is 23.7. The Bertz CT molecular complexity index is 1070. The molecule has 182 valence electrons. The van der Waals surface area contributed by atoms with Gasteiger partial charge in [0.2, 0.25) is 15.9 Å². The number of rotatable bonds is 8. The second-order valence-corrected chi connectivity index (χ2v) is 10.7. The van der Waals surface area contributed by atoms with Crippen molar-refractivity contribution in [3.8, 4) is 0 Å². The van der Waals surface area contributed by atoms with Gasteiger partial charge in [-0.25, -0.2) is 13.1 Å². The lowest BCUT2D eigenvalue weighted by Gasteiger charge is -2.35. The van der Waals surface area contributed by atoms with Crippen LogP contribution in [0.25, 0.3) is 0 Å². The van der Waals surface area contributed by atoms with Crippen molar-refractivity contribution < 1.29 is 23.1 Å². The van der Waals surface area contributed by atoms with Gasteiger partial charge in [-0.05, 0) is 42.9 Å². The average molecular weight is 485 g/mol. The molecule has 2 aliphatic rings. The van der Waals surface area contributed by atoms with Gasteiger partial charge in [-0.2, -0.15) is 0 Å². The number of carbonyl (C=O) groups excluding carboxylic acids is 1. The summed E-state index contributed by atoms with van der Waals surface area (Å²) >= 11 is 0. The van der Waals surface area contributed by atoms with Gasteiger partial charge in [0, 0.05) is 13.1 Å². The van der Waals surface area contributed by atoms with Gasteiger partial charge in [0.25, 0.3) is 0 Å². The Morgan fingerprint density at radius 2 is 1.65 bits per heavy atom. The van der Waals surface area contributed by atoms with Crippen molar-refractivity contribution >= 4 is 15.9 Å². The van der Waals surface area contributed by atoms with Crippen LogP contribution in [0.4, 0.5) is 0 Å². The summed E-state index contributed by atoms with van der Waals surface area (Å²) < 4.78 is 33.7. The number of ether oxygens (including phenoxy) is 1. The maximum atomic E-state index is 12.9. The number of nitrogens with one attached hydrogen (secondary N) is 1. The Labute approximate surface area is 201 Å². The number of piperidine rings is 1. The maximum absolute atomic E-state index is 12.9. The summed E-state index contributed by atoms with van der Waals surface area (Å²) in [6.07, 6.45) is 5.29. The molecule has 0 bridgehead atoms. The summed E-state index contributed by atoms with van der Waals surface area (Å²) in [7, 11) is -3.76. The molecule has 0 saturated carbocycles. The summed E-state index contributed by atoms with van der Waals surface area (Å²) in [5.74, 6) is 0.599. The van der Waals surface area contributed by atoms with E-state index in [4.69, 9.17) is 4.74 Å². The van der Waals surface area contributed by atoms with Gasteiger partial charge >= 0.3 is 0 Å². The fourth-order valence-electron chi connectivity index (χ4n) is 4.59. The maximum Gasteiger partial charge on any atom is 0.241 e. The van der Waals surface area contributed by atoms with E-state index in [9.17, 15) is 18.3 Å². The topological polar surface area (TPSA) is 95.9 Å². The smallest absolute Gasteiger partial charge is 0.241 e. The van der Waals surface area contributed by atoms with Gasteiger partial charge in [-0.1, -0.05) is 60.7 Å². The fraction of sp³-hybridized carbons (Fsp3) is 0.423. The highest BCUT2D eigenvalue weighted by atomic mass is 32.2. The van der Waals surface area contributed by atoms with E-state index in [-0.39, 0.29) is 23.8 Å². The molecular formula is C26H32N2O5S. The monoisotopic (exact) mass is 484 g/mol. The molecule has 0 spiro atoms. The molecule has 0 aromatic heterocycles. The van der Waals surface area contributed by atoms with Gasteiger partial charge in [-0.15, -0.1) is 0 Å². The van der Waals surface area contributed by atoms with Crippen molar-refractivity contribution in [2.24, 2.45) is 5.92 Å². The van der Waals surface area contributed by atoms with E-state index >= 15 is 0 Å². The standard InChI is InChI=1S/C26H32N2O5S/c29-19-25-24(27-34(31,32)23-9-5-2-6-10-23)12-11-22(33-25)18-26(30)28-15-13-21(14-16-28)17-20-7-3-1-4-8-20/h1-12,21-22,24-25,27,29H,13-19H2/t22-,24+,25+/m0/s1. The van der Waals surface area contributed by atoms with Gasteiger partial charge < -0.3 is 14.7 Å². The number of benzene rings is 2. The molecule has 3 atom stereocenters. The number of sulfonamides is 1. The molecule has 2 aromatic rings. The number of aliphatic hydroxyl groups excluding tert-OH is 1. The Morgan fingerprint density at radius 3 is 2.29 bits per heavy atom. The molecule has 1 amide bonds. The molecule has 2 aliphatic heterocycles. The van der Waals surface area contributed by atoms with E-state index in [1.54, 1.807) is 30.4 Å². The van der Waals surface area contributed by atoms with Crippen molar-refractivity contribution in [2.45, 2.75) is 48.8 Å². The van der Waals surface area contributed by atoms with Crippen molar-refractivity contribution in [3.63, 3.8) is 0 Å². The Balaban J connectivity index is 1.29. The summed E-state index contributed by atoms with van der Waals surface area (Å²) in [4.78, 5) is 14.9. The molecule has 2 N–H and O–H groups in total. The summed E-state index contributed by atoms with van der Waals surface area (Å²) in [6.45, 7) is 1.10. The molecule has 0 unspecified atom stereocenters. The lowest BCUT2D eigenvalue weighted by atomic mass is 9.90. The van der Waals surface area contributed by atoms with Crippen LogP contribution in [0.15, 0.2) is 77.7 Å². The van der Waals surface area contributed by atoms with E-state index in [1.807, 2.05) is 11.0 Å². The number of carbonyl (C=O) groups is 1. The minimum atomic E-state index is -3.76. The van der Waals surface area contributed by atoms with E-state index in [1.165, 1.54) is 17.7 Å². The summed E-state index contributed by atoms with van der Waals surface area (Å²) in [6, 6.07) is 17.8. The van der Waals surface area contributed by atoms with E-state index < -0.39 is 28.3 Å². The molecule has 2 aromatic carbocycles. The molecule has 2 heterocycles. The fourth-order valence-corrected chi connectivity index (χ4v) is 5.83. The van der Waals surface area contributed by atoms with E-state index in [0.717, 1.165) is 32.4 Å². The van der Waals surface area contributed by atoms with Crippen LogP contribution in [0.2, 0.25) is 0 Å². The van der Waals surface area contributed by atoms with Crippen molar-refractivity contribution in [1.82, 2.24) is 9.62 Å². The molecule has 0 aliphatic carbocycles. The molecular weight excluding hydrogens is 452 g/mol. The number of aliphatic hydroxyl groups is 1. The van der Waals surface area contributed by atoms with Crippen LogP contribution < -0.4 is 4.72 Å². The van der Waals surface area contributed by atoms with Gasteiger partial charge in [0.05, 0.1) is 30.1 Å². The first kappa shape index (κ1) is 24.6. The van der Waals surface area contributed by atoms with E-state index in [0.29, 0.717) is 5.92 Å². The molecule has 1 fully saturated rings. The number of amides is 1. The lowest BCUT2D eigenvalue weighted by molar-refractivity contribution is -0.136. The third kappa shape index (κ3) is 6.33. The largest absolute Gasteiger partial charge is 0.394 e. The van der Waals surface area contributed by atoms with E-state index in [2.05, 4.69) is 29.0 Å². The first-order valence-corrected chi connectivity index (χ1v) is 13.3. The second kappa shape index (κ2) is 11.3. The molecule has 1 saturated heterocycles. The van der Waals surface area contributed by atoms with Gasteiger partial charge in [-0.3, -0.25) is 4.79 Å². The molecule has 34 heavy (non-hydrogen) atoms. The zero-order valence-corrected chi connectivity index (χ0v) is 19.9. The van der Waals surface area contributed by atoms with Crippen molar-refractivity contribution in [1.29, 1.82) is 0 Å². The third-order valence-corrected chi connectivity index (χ3v) is 7.99. The Hall–Kier alpha value is -2.52. The molecule has 8 heteroatoms. The summed E-state index contributed by atoms with van der Waals surface area (Å²) in [5, 5.41) is 9.79. The first-order chi connectivity index (χ1) is 16.4. The van der Waals surface area contributed by atoms with Crippen LogP contribution in [-0.4, -0.2) is 62.3 Å². The SMILES string of the molecule is O=C(C[C@@H]1C=C[C@@H](NS(=O)(=O)c2ccccc2)[C@@H](CO)O1)N1CCC(Cc2ccccc2)CC1. The number of likely N-dealkylation sites (tertiary alicyclic amines) is 1. The van der Waals surface area contributed by atoms with Gasteiger partial charge in [0.15, 0.2) is 0 Å². The molecule has 7 nitrogen and oxygen atoms in total. The zero-order valence-electron chi connectivity index (χ0n) is 19.1. The van der Waals surface area contributed by atoms with Crippen LogP contribution in [0.1, 0.15) is 24.8 Å². The third-order valence-electron chi connectivity index (χ3n) is 6.52. The van der Waals surface area contributed by atoms with Gasteiger partial charge in [0.1, 0.15) is 6.10 Å². The Kier molecular flexibility index (Phi) is 8.15. The molecule has 0 radical (unpaired) electrons. The van der Waals surface area contributed by atoms with Crippen LogP contribution in [0.5, 0.6) is 0 Å². The van der Waals surface area contributed by atoms with Crippen LogP contribution in [-0.2, 0) is 26.0 Å². The predicted octanol–water partition coefficient (Wildman–Crippen LogP) is 2.52. The average Bonchev–Trinajstić information content (AvgIpc) is 2.86. The highest BCUT2D eigenvalue weighted by molar-refractivity contribution is 7.89. The van der Waals surface area contributed by atoms with Crippen molar-refractivity contribution in [3.05, 3.63) is 78.4 Å². The highest BCUT2D eigenvalue weighted by Crippen LogP contribution is 2.24.